The molecule has 6 heteroatoms. The van der Waals surface area contributed by atoms with Crippen molar-refractivity contribution < 1.29 is 14.3 Å². The average molecular weight is 342 g/mol. The van der Waals surface area contributed by atoms with Gasteiger partial charge in [0.2, 0.25) is 0 Å². The van der Waals surface area contributed by atoms with Gasteiger partial charge in [-0.3, -0.25) is 14.5 Å². The third-order valence-corrected chi connectivity index (χ3v) is 5.12. The Morgan fingerprint density at radius 1 is 1.20 bits per heavy atom. The lowest BCUT2D eigenvalue weighted by Crippen LogP contribution is -2.50. The highest BCUT2D eigenvalue weighted by molar-refractivity contribution is 5.93. The molecule has 0 radical (unpaired) electrons. The molecule has 2 aliphatic rings. The largest absolute Gasteiger partial charge is 0.451 e. The zero-order valence-corrected chi connectivity index (χ0v) is 14.1. The molecule has 0 bridgehead atoms. The monoisotopic (exact) mass is 342 g/mol. The first-order valence-electron chi connectivity index (χ1n) is 8.84. The highest BCUT2D eigenvalue weighted by atomic mass is 16.3. The Morgan fingerprint density at radius 2 is 1.92 bits per heavy atom. The van der Waals surface area contributed by atoms with Crippen LogP contribution in [0.4, 0.5) is 0 Å². The number of aliphatic hydroxyl groups excluding tert-OH is 1. The first-order chi connectivity index (χ1) is 12.1. The number of carbonyl (C=O) groups is 1. The Hall–Kier alpha value is -2.18. The summed E-state index contributed by atoms with van der Waals surface area (Å²) >= 11 is 0. The first kappa shape index (κ1) is 16.3. The van der Waals surface area contributed by atoms with Crippen LogP contribution in [0.3, 0.4) is 0 Å². The first-order valence-corrected chi connectivity index (χ1v) is 8.84. The van der Waals surface area contributed by atoms with Crippen LogP contribution in [0.5, 0.6) is 0 Å². The smallest absolute Gasteiger partial charge is 0.289 e. The highest BCUT2D eigenvalue weighted by Crippen LogP contribution is 2.32. The summed E-state index contributed by atoms with van der Waals surface area (Å²) in [5.74, 6) is 0.312. The number of rotatable bonds is 4. The van der Waals surface area contributed by atoms with E-state index in [9.17, 15) is 14.7 Å². The number of amides is 1. The fraction of sp³-hybridized carbons (Fsp3) is 0.474. The van der Waals surface area contributed by atoms with Gasteiger partial charge in [-0.25, -0.2) is 0 Å². The van der Waals surface area contributed by atoms with Crippen LogP contribution in [-0.2, 0) is 0 Å². The number of nitrogens with zero attached hydrogens (tertiary/aromatic N) is 2. The van der Waals surface area contributed by atoms with Gasteiger partial charge >= 0.3 is 0 Å². The molecule has 1 amide bonds. The minimum Gasteiger partial charge on any atom is -0.451 e. The Morgan fingerprint density at radius 3 is 2.64 bits per heavy atom. The molecule has 2 heterocycles. The van der Waals surface area contributed by atoms with Crippen molar-refractivity contribution in [3.05, 3.63) is 46.3 Å². The van der Waals surface area contributed by atoms with E-state index in [2.05, 4.69) is 4.90 Å². The summed E-state index contributed by atoms with van der Waals surface area (Å²) in [6.45, 7) is 3.29. The van der Waals surface area contributed by atoms with Gasteiger partial charge in [0.15, 0.2) is 11.2 Å². The Kier molecular flexibility index (Phi) is 4.31. The number of carbonyl (C=O) groups excluding carboxylic acids is 1. The summed E-state index contributed by atoms with van der Waals surface area (Å²) in [6, 6.07) is 8.23. The molecule has 1 atom stereocenters. The Labute approximate surface area is 145 Å². The highest BCUT2D eigenvalue weighted by Gasteiger charge is 2.32. The van der Waals surface area contributed by atoms with E-state index in [0.717, 1.165) is 25.9 Å². The van der Waals surface area contributed by atoms with Crippen molar-refractivity contribution in [3.8, 4) is 0 Å². The predicted molar refractivity (Wildman–Crippen MR) is 93.6 cm³/mol. The van der Waals surface area contributed by atoms with Crippen LogP contribution in [0.2, 0.25) is 0 Å². The molecule has 1 unspecified atom stereocenters. The second kappa shape index (κ2) is 6.61. The maximum atomic E-state index is 12.7. The number of hydrogen-bond acceptors (Lipinski definition) is 5. The summed E-state index contributed by atoms with van der Waals surface area (Å²) in [5, 5.41) is 10.5. The third-order valence-electron chi connectivity index (χ3n) is 5.12. The van der Waals surface area contributed by atoms with Crippen LogP contribution < -0.4 is 5.43 Å². The topological polar surface area (TPSA) is 74.0 Å². The number of piperazine rings is 1. The fourth-order valence-electron chi connectivity index (χ4n) is 3.39. The van der Waals surface area contributed by atoms with Crippen LogP contribution in [0.1, 0.15) is 23.4 Å². The minimum absolute atomic E-state index is 0.0927. The molecule has 1 saturated heterocycles. The molecule has 1 saturated carbocycles. The van der Waals surface area contributed by atoms with Gasteiger partial charge in [0, 0.05) is 38.8 Å². The van der Waals surface area contributed by atoms with E-state index in [1.807, 2.05) is 0 Å². The van der Waals surface area contributed by atoms with E-state index < -0.39 is 0 Å². The summed E-state index contributed by atoms with van der Waals surface area (Å²) < 4.78 is 5.64. The van der Waals surface area contributed by atoms with E-state index in [4.69, 9.17) is 4.42 Å². The zero-order valence-electron chi connectivity index (χ0n) is 14.1. The van der Waals surface area contributed by atoms with Crippen molar-refractivity contribution in [1.82, 2.24) is 9.80 Å². The van der Waals surface area contributed by atoms with E-state index in [1.54, 1.807) is 29.2 Å². The van der Waals surface area contributed by atoms with Crippen molar-refractivity contribution in [2.45, 2.75) is 18.9 Å². The van der Waals surface area contributed by atoms with Crippen molar-refractivity contribution in [1.29, 1.82) is 0 Å². The molecule has 2 fully saturated rings. The van der Waals surface area contributed by atoms with Crippen LogP contribution in [0.25, 0.3) is 11.0 Å². The second-order valence-corrected chi connectivity index (χ2v) is 6.97. The molecule has 1 aliphatic carbocycles. The van der Waals surface area contributed by atoms with Gasteiger partial charge < -0.3 is 14.4 Å². The average Bonchev–Trinajstić information content (AvgIpc) is 3.47. The molecule has 4 rings (SSSR count). The number of benzene rings is 1. The number of fused-ring (bicyclic) bond motifs is 1. The lowest BCUT2D eigenvalue weighted by molar-refractivity contribution is 0.0468. The van der Waals surface area contributed by atoms with E-state index in [-0.39, 0.29) is 23.2 Å². The van der Waals surface area contributed by atoms with E-state index in [1.165, 1.54) is 6.07 Å². The normalized spacial score (nSPS) is 20.0. The SMILES string of the molecule is O=C(c1cc(=O)c2ccccc2o1)N1CCN(CC(O)C2CC2)CC1. The molecular weight excluding hydrogens is 320 g/mol. The number of aliphatic hydroxyl groups is 1. The zero-order chi connectivity index (χ0) is 17.4. The molecule has 132 valence electrons. The van der Waals surface area contributed by atoms with Crippen molar-refractivity contribution in [2.75, 3.05) is 32.7 Å². The van der Waals surface area contributed by atoms with Crippen molar-refractivity contribution in [3.63, 3.8) is 0 Å². The molecule has 1 N–H and O–H groups in total. The number of hydrogen-bond donors (Lipinski definition) is 1. The maximum absolute atomic E-state index is 12.7. The van der Waals surface area contributed by atoms with E-state index >= 15 is 0 Å². The summed E-state index contributed by atoms with van der Waals surface area (Å²) in [4.78, 5) is 28.7. The molecule has 25 heavy (non-hydrogen) atoms. The third kappa shape index (κ3) is 3.45. The fourth-order valence-corrected chi connectivity index (χ4v) is 3.39. The van der Waals surface area contributed by atoms with Gasteiger partial charge in [-0.15, -0.1) is 0 Å². The predicted octanol–water partition coefficient (Wildman–Crippen LogP) is 1.32. The molecule has 1 aromatic heterocycles. The number of para-hydroxylation sites is 1. The molecule has 1 aliphatic heterocycles. The van der Waals surface area contributed by atoms with Gasteiger partial charge in [-0.1, -0.05) is 12.1 Å². The molecular formula is C19H22N2O4. The lowest BCUT2D eigenvalue weighted by Gasteiger charge is -2.35. The molecule has 1 aromatic carbocycles. The maximum Gasteiger partial charge on any atom is 0.289 e. The quantitative estimate of drug-likeness (QED) is 0.907. The van der Waals surface area contributed by atoms with Crippen LogP contribution in [0, 0.1) is 5.92 Å². The Bertz CT molecular complexity index is 835. The number of β-amino-alcohol motifs (C(OH)–C–C–N with tert-alkyl or cyclic N) is 1. The standard InChI is InChI=1S/C19H22N2O4/c22-15-11-18(25-17-4-2-1-3-14(15)17)19(24)21-9-7-20(8-10-21)12-16(23)13-5-6-13/h1-4,11,13,16,23H,5-10,12H2. The van der Waals surface area contributed by atoms with Gasteiger partial charge in [0.1, 0.15) is 5.58 Å². The summed E-state index contributed by atoms with van der Waals surface area (Å²) in [7, 11) is 0. The summed E-state index contributed by atoms with van der Waals surface area (Å²) in [6.07, 6.45) is 2.00. The van der Waals surface area contributed by atoms with Crippen LogP contribution in [-0.4, -0.2) is 59.6 Å². The van der Waals surface area contributed by atoms with Crippen molar-refractivity contribution in [2.24, 2.45) is 5.92 Å². The van der Waals surface area contributed by atoms with Gasteiger partial charge in [0.25, 0.3) is 5.91 Å². The van der Waals surface area contributed by atoms with Gasteiger partial charge in [-0.2, -0.15) is 0 Å². The second-order valence-electron chi connectivity index (χ2n) is 6.97. The minimum atomic E-state index is -0.249. The van der Waals surface area contributed by atoms with Crippen molar-refractivity contribution >= 4 is 16.9 Å². The van der Waals surface area contributed by atoms with Crippen LogP contribution in [0.15, 0.2) is 39.5 Å². The Balaban J connectivity index is 1.42. The van der Waals surface area contributed by atoms with E-state index in [0.29, 0.717) is 36.5 Å². The molecule has 2 aromatic rings. The lowest BCUT2D eigenvalue weighted by atomic mass is 10.2. The van der Waals surface area contributed by atoms with Gasteiger partial charge in [-0.05, 0) is 30.9 Å². The van der Waals surface area contributed by atoms with Gasteiger partial charge in [0.05, 0.1) is 11.5 Å². The summed E-state index contributed by atoms with van der Waals surface area (Å²) in [5.41, 5.74) is 0.237. The molecule has 6 nitrogen and oxygen atoms in total. The molecule has 0 spiro atoms. The van der Waals surface area contributed by atoms with Crippen LogP contribution >= 0.6 is 0 Å².